The fourth-order valence-electron chi connectivity index (χ4n) is 1.44. The molecule has 16 heavy (non-hydrogen) atoms. The average Bonchev–Trinajstić information content (AvgIpc) is 2.69. The first-order chi connectivity index (χ1) is 7.74. The molecule has 1 N–H and O–H groups in total. The molecule has 0 amide bonds. The normalized spacial score (nSPS) is 10.7. The van der Waals surface area contributed by atoms with Gasteiger partial charge in [-0.05, 0) is 6.08 Å². The van der Waals surface area contributed by atoms with E-state index in [4.69, 9.17) is 5.26 Å². The predicted octanol–water partition coefficient (Wildman–Crippen LogP) is 2.01. The molecule has 0 bridgehead atoms. The molecule has 0 fully saturated rings. The second kappa shape index (κ2) is 3.82. The zero-order valence-electron chi connectivity index (χ0n) is 8.04. The quantitative estimate of drug-likeness (QED) is 0.469. The van der Waals surface area contributed by atoms with Crippen LogP contribution in [0.5, 0.6) is 0 Å². The summed E-state index contributed by atoms with van der Waals surface area (Å²) in [5, 5.41) is 26.3. The largest absolute Gasteiger partial charge is 0.297 e. The highest BCUT2D eigenvalue weighted by Gasteiger charge is 2.15. The van der Waals surface area contributed by atoms with Crippen LogP contribution in [0.25, 0.3) is 17.0 Å². The van der Waals surface area contributed by atoms with Gasteiger partial charge in [0, 0.05) is 17.5 Å². The molecule has 0 aliphatic carbocycles. The van der Waals surface area contributed by atoms with E-state index in [1.807, 2.05) is 6.07 Å². The summed E-state index contributed by atoms with van der Waals surface area (Å²) in [6, 6.07) is 6.53. The molecule has 0 radical (unpaired) electrons. The number of nitro benzene ring substituents is 1. The van der Waals surface area contributed by atoms with Crippen LogP contribution in [-0.4, -0.2) is 15.1 Å². The van der Waals surface area contributed by atoms with Gasteiger partial charge in [0.15, 0.2) is 5.52 Å². The number of nitrogens with zero attached hydrogens (tertiary/aromatic N) is 3. The number of benzene rings is 1. The highest BCUT2D eigenvalue weighted by atomic mass is 16.6. The smallest absolute Gasteiger partial charge is 0.277 e. The molecule has 1 aromatic heterocycles. The minimum atomic E-state index is -0.485. The first-order valence-corrected chi connectivity index (χ1v) is 4.41. The van der Waals surface area contributed by atoms with Crippen molar-refractivity contribution in [3.63, 3.8) is 0 Å². The SMILES string of the molecule is N#CC=Cc1[nH]nc2c([N+](=O)[O-])cccc12. The van der Waals surface area contributed by atoms with Gasteiger partial charge in [-0.1, -0.05) is 12.1 Å². The summed E-state index contributed by atoms with van der Waals surface area (Å²) in [6.45, 7) is 0. The lowest BCUT2D eigenvalue weighted by atomic mass is 10.2. The summed E-state index contributed by atoms with van der Waals surface area (Å²) < 4.78 is 0. The van der Waals surface area contributed by atoms with E-state index in [-0.39, 0.29) is 5.69 Å². The third-order valence-electron chi connectivity index (χ3n) is 2.11. The van der Waals surface area contributed by atoms with Crippen LogP contribution in [0.3, 0.4) is 0 Å². The molecule has 6 heteroatoms. The van der Waals surface area contributed by atoms with Crippen molar-refractivity contribution < 1.29 is 4.92 Å². The Labute approximate surface area is 90.0 Å². The molecule has 0 spiro atoms. The number of rotatable bonds is 2. The summed E-state index contributed by atoms with van der Waals surface area (Å²) >= 11 is 0. The number of fused-ring (bicyclic) bond motifs is 1. The molecule has 0 atom stereocenters. The molecular formula is C10H6N4O2. The van der Waals surface area contributed by atoms with Gasteiger partial charge in [0.25, 0.3) is 5.69 Å². The maximum atomic E-state index is 10.7. The van der Waals surface area contributed by atoms with Gasteiger partial charge in [0.2, 0.25) is 0 Å². The summed E-state index contributed by atoms with van der Waals surface area (Å²) in [7, 11) is 0. The molecule has 1 heterocycles. The summed E-state index contributed by atoms with van der Waals surface area (Å²) in [6.07, 6.45) is 2.81. The Morgan fingerprint density at radius 2 is 2.38 bits per heavy atom. The Morgan fingerprint density at radius 3 is 3.06 bits per heavy atom. The molecule has 2 aromatic rings. The van der Waals surface area contributed by atoms with Gasteiger partial charge >= 0.3 is 0 Å². The van der Waals surface area contributed by atoms with Crippen molar-refractivity contribution in [2.24, 2.45) is 0 Å². The minimum Gasteiger partial charge on any atom is -0.277 e. The van der Waals surface area contributed by atoms with E-state index in [0.29, 0.717) is 16.6 Å². The average molecular weight is 214 g/mol. The van der Waals surface area contributed by atoms with Gasteiger partial charge in [0.05, 0.1) is 16.7 Å². The van der Waals surface area contributed by atoms with Crippen molar-refractivity contribution in [1.82, 2.24) is 10.2 Å². The molecule has 0 aliphatic rings. The molecule has 2 rings (SSSR count). The van der Waals surface area contributed by atoms with Crippen LogP contribution in [0.1, 0.15) is 5.69 Å². The first kappa shape index (κ1) is 9.86. The fraction of sp³-hybridized carbons (Fsp3) is 0. The lowest BCUT2D eigenvalue weighted by Gasteiger charge is -1.91. The van der Waals surface area contributed by atoms with Gasteiger partial charge in [-0.15, -0.1) is 0 Å². The van der Waals surface area contributed by atoms with Crippen molar-refractivity contribution in [1.29, 1.82) is 5.26 Å². The standard InChI is InChI=1S/C10H6N4O2/c11-6-2-4-8-7-3-1-5-9(14(15)16)10(7)13-12-8/h1-5H,(H,12,13). The van der Waals surface area contributed by atoms with Gasteiger partial charge in [0.1, 0.15) is 0 Å². The van der Waals surface area contributed by atoms with E-state index in [2.05, 4.69) is 10.2 Å². The fourth-order valence-corrected chi connectivity index (χ4v) is 1.44. The molecule has 0 aliphatic heterocycles. The number of nitrogens with one attached hydrogen (secondary N) is 1. The van der Waals surface area contributed by atoms with E-state index in [1.54, 1.807) is 12.1 Å². The predicted molar refractivity (Wildman–Crippen MR) is 57.4 cm³/mol. The van der Waals surface area contributed by atoms with Gasteiger partial charge in [-0.25, -0.2) is 0 Å². The van der Waals surface area contributed by atoms with Crippen molar-refractivity contribution in [3.8, 4) is 6.07 Å². The number of para-hydroxylation sites is 1. The molecule has 78 valence electrons. The number of hydrogen-bond donors (Lipinski definition) is 1. The molecule has 0 saturated carbocycles. The van der Waals surface area contributed by atoms with Gasteiger partial charge in [-0.3, -0.25) is 15.2 Å². The zero-order chi connectivity index (χ0) is 11.5. The number of hydrogen-bond acceptors (Lipinski definition) is 4. The maximum absolute atomic E-state index is 10.7. The molecule has 0 unspecified atom stereocenters. The van der Waals surface area contributed by atoms with E-state index >= 15 is 0 Å². The summed E-state index contributed by atoms with van der Waals surface area (Å²) in [4.78, 5) is 10.2. The second-order valence-electron chi connectivity index (χ2n) is 3.03. The first-order valence-electron chi connectivity index (χ1n) is 4.41. The molecule has 6 nitrogen and oxygen atoms in total. The topological polar surface area (TPSA) is 95.6 Å². The van der Waals surface area contributed by atoms with E-state index in [1.165, 1.54) is 18.2 Å². The lowest BCUT2D eigenvalue weighted by Crippen LogP contribution is -1.88. The Balaban J connectivity index is 2.67. The molecule has 0 saturated heterocycles. The van der Waals surface area contributed by atoms with Crippen LogP contribution in [0.2, 0.25) is 0 Å². The number of allylic oxidation sites excluding steroid dienone is 1. The number of aromatic nitrogens is 2. The number of non-ortho nitro benzene ring substituents is 1. The van der Waals surface area contributed by atoms with Crippen LogP contribution in [0.4, 0.5) is 5.69 Å². The number of nitro groups is 1. The highest BCUT2D eigenvalue weighted by Crippen LogP contribution is 2.25. The second-order valence-corrected chi connectivity index (χ2v) is 3.03. The summed E-state index contributed by atoms with van der Waals surface area (Å²) in [5.41, 5.74) is 0.829. The Kier molecular flexibility index (Phi) is 2.36. The van der Waals surface area contributed by atoms with E-state index in [9.17, 15) is 10.1 Å². The van der Waals surface area contributed by atoms with Gasteiger partial charge in [-0.2, -0.15) is 10.4 Å². The Morgan fingerprint density at radius 1 is 1.56 bits per heavy atom. The van der Waals surface area contributed by atoms with Crippen LogP contribution in [0.15, 0.2) is 24.3 Å². The number of nitriles is 1. The highest BCUT2D eigenvalue weighted by molar-refractivity contribution is 5.92. The maximum Gasteiger partial charge on any atom is 0.297 e. The molecule has 1 aromatic carbocycles. The number of aromatic amines is 1. The van der Waals surface area contributed by atoms with Crippen LogP contribution in [0, 0.1) is 21.4 Å². The van der Waals surface area contributed by atoms with Crippen molar-refractivity contribution in [3.05, 3.63) is 40.1 Å². The molecular weight excluding hydrogens is 208 g/mol. The van der Waals surface area contributed by atoms with Crippen molar-refractivity contribution >= 4 is 22.7 Å². The van der Waals surface area contributed by atoms with E-state index < -0.39 is 4.92 Å². The van der Waals surface area contributed by atoms with Crippen LogP contribution in [-0.2, 0) is 0 Å². The Hall–Kier alpha value is -2.68. The van der Waals surface area contributed by atoms with Crippen molar-refractivity contribution in [2.45, 2.75) is 0 Å². The minimum absolute atomic E-state index is 0.0506. The lowest BCUT2D eigenvalue weighted by molar-refractivity contribution is -0.383. The van der Waals surface area contributed by atoms with E-state index in [0.717, 1.165) is 0 Å². The van der Waals surface area contributed by atoms with Gasteiger partial charge < -0.3 is 0 Å². The monoisotopic (exact) mass is 214 g/mol. The number of H-pyrrole nitrogens is 1. The van der Waals surface area contributed by atoms with Crippen molar-refractivity contribution in [2.75, 3.05) is 0 Å². The third kappa shape index (κ3) is 1.50. The zero-order valence-corrected chi connectivity index (χ0v) is 8.04. The Bertz CT molecular complexity index is 621. The third-order valence-corrected chi connectivity index (χ3v) is 2.11. The summed E-state index contributed by atoms with van der Waals surface area (Å²) in [5.74, 6) is 0. The van der Waals surface area contributed by atoms with Crippen LogP contribution >= 0.6 is 0 Å². The van der Waals surface area contributed by atoms with Crippen LogP contribution < -0.4 is 0 Å².